The van der Waals surface area contributed by atoms with Crippen molar-refractivity contribution in [3.05, 3.63) is 0 Å². The average Bonchev–Trinajstić information content (AvgIpc) is 2.76. The molecule has 0 N–H and O–H groups in total. The first-order valence-corrected chi connectivity index (χ1v) is 6.23. The maximum atomic E-state index is 12.0. The molecule has 0 bridgehead atoms. The van der Waals surface area contributed by atoms with E-state index in [0.29, 0.717) is 13.2 Å². The predicted molar refractivity (Wildman–Crippen MR) is 61.8 cm³/mol. The summed E-state index contributed by atoms with van der Waals surface area (Å²) in [4.78, 5) is 14.0. The van der Waals surface area contributed by atoms with E-state index in [1.807, 2.05) is 11.9 Å². The van der Waals surface area contributed by atoms with Crippen molar-refractivity contribution in [2.24, 2.45) is 0 Å². The van der Waals surface area contributed by atoms with Crippen molar-refractivity contribution in [1.82, 2.24) is 4.90 Å². The van der Waals surface area contributed by atoms with Crippen LogP contribution < -0.4 is 0 Å². The van der Waals surface area contributed by atoms with Crippen molar-refractivity contribution in [1.29, 1.82) is 0 Å². The van der Waals surface area contributed by atoms with E-state index in [9.17, 15) is 4.79 Å². The number of carbonyl (C=O) groups excluding carboxylic acids is 1. The number of rotatable bonds is 3. The van der Waals surface area contributed by atoms with Crippen LogP contribution in [0.15, 0.2) is 0 Å². The molecule has 0 aromatic carbocycles. The molecule has 98 valence electrons. The molecular formula is C12H21NO4. The van der Waals surface area contributed by atoms with Gasteiger partial charge in [-0.05, 0) is 26.3 Å². The van der Waals surface area contributed by atoms with Crippen LogP contribution in [0.1, 0.15) is 19.3 Å². The zero-order valence-corrected chi connectivity index (χ0v) is 10.6. The number of morpholine rings is 1. The minimum absolute atomic E-state index is 0.0637. The van der Waals surface area contributed by atoms with Gasteiger partial charge in [-0.2, -0.15) is 0 Å². The summed E-state index contributed by atoms with van der Waals surface area (Å²) >= 11 is 0. The van der Waals surface area contributed by atoms with Crippen LogP contribution in [-0.2, 0) is 19.0 Å². The van der Waals surface area contributed by atoms with Gasteiger partial charge in [-0.1, -0.05) is 0 Å². The van der Waals surface area contributed by atoms with E-state index >= 15 is 0 Å². The summed E-state index contributed by atoms with van der Waals surface area (Å²) in [5.74, 6) is -0.179. The Labute approximate surface area is 102 Å². The fourth-order valence-electron chi connectivity index (χ4n) is 2.46. The Balaban J connectivity index is 1.87. The third kappa shape index (κ3) is 2.97. The minimum atomic E-state index is -0.262. The number of methoxy groups -OCH3 is 1. The van der Waals surface area contributed by atoms with Crippen LogP contribution in [-0.4, -0.2) is 63.0 Å². The van der Waals surface area contributed by atoms with Crippen molar-refractivity contribution in [3.63, 3.8) is 0 Å². The quantitative estimate of drug-likeness (QED) is 0.673. The molecule has 2 rings (SSSR count). The van der Waals surface area contributed by atoms with Crippen LogP contribution in [0.4, 0.5) is 0 Å². The Morgan fingerprint density at radius 1 is 1.35 bits per heavy atom. The lowest BCUT2D eigenvalue weighted by Crippen LogP contribution is -2.49. The SMILES string of the molecule is CO[C@@H]1CCC[C@H]1OC(=O)[C@H]1COCCN1C. The maximum absolute atomic E-state index is 12.0. The summed E-state index contributed by atoms with van der Waals surface area (Å²) in [6, 6.07) is -0.262. The van der Waals surface area contributed by atoms with Gasteiger partial charge in [0.2, 0.25) is 0 Å². The van der Waals surface area contributed by atoms with Gasteiger partial charge in [0.05, 0.1) is 19.3 Å². The molecule has 3 atom stereocenters. The van der Waals surface area contributed by atoms with Gasteiger partial charge in [-0.15, -0.1) is 0 Å². The van der Waals surface area contributed by atoms with Gasteiger partial charge in [-0.25, -0.2) is 0 Å². The molecule has 1 saturated carbocycles. The van der Waals surface area contributed by atoms with Gasteiger partial charge in [0.1, 0.15) is 12.1 Å². The molecule has 5 heteroatoms. The van der Waals surface area contributed by atoms with Crippen molar-refractivity contribution >= 4 is 5.97 Å². The summed E-state index contributed by atoms with van der Waals surface area (Å²) in [7, 11) is 3.60. The molecular weight excluding hydrogens is 222 g/mol. The Kier molecular flexibility index (Phi) is 4.36. The standard InChI is InChI=1S/C12H21NO4/c1-13-6-7-16-8-9(13)12(14)17-11-5-3-4-10(11)15-2/h9-11H,3-8H2,1-2H3/t9-,10-,11-/m1/s1. The number of nitrogens with zero attached hydrogens (tertiary/aromatic N) is 1. The van der Waals surface area contributed by atoms with Crippen LogP contribution in [0.25, 0.3) is 0 Å². The molecule has 2 aliphatic rings. The van der Waals surface area contributed by atoms with Crippen LogP contribution in [0.2, 0.25) is 0 Å². The molecule has 1 aliphatic heterocycles. The number of likely N-dealkylation sites (N-methyl/N-ethyl adjacent to an activating group) is 1. The molecule has 0 aromatic rings. The van der Waals surface area contributed by atoms with E-state index in [-0.39, 0.29) is 24.2 Å². The monoisotopic (exact) mass is 243 g/mol. The molecule has 17 heavy (non-hydrogen) atoms. The fourth-order valence-corrected chi connectivity index (χ4v) is 2.46. The number of esters is 1. The van der Waals surface area contributed by atoms with Gasteiger partial charge in [0.25, 0.3) is 0 Å². The highest BCUT2D eigenvalue weighted by molar-refractivity contribution is 5.76. The molecule has 2 fully saturated rings. The summed E-state index contributed by atoms with van der Waals surface area (Å²) in [5.41, 5.74) is 0. The molecule has 1 aliphatic carbocycles. The summed E-state index contributed by atoms with van der Waals surface area (Å²) in [6.45, 7) is 1.89. The van der Waals surface area contributed by atoms with Crippen LogP contribution >= 0.6 is 0 Å². The Morgan fingerprint density at radius 2 is 2.12 bits per heavy atom. The topological polar surface area (TPSA) is 48.0 Å². The number of hydrogen-bond donors (Lipinski definition) is 0. The molecule has 5 nitrogen and oxygen atoms in total. The van der Waals surface area contributed by atoms with Crippen molar-refractivity contribution in [3.8, 4) is 0 Å². The number of hydrogen-bond acceptors (Lipinski definition) is 5. The molecule has 0 radical (unpaired) electrons. The first-order valence-electron chi connectivity index (χ1n) is 6.23. The van der Waals surface area contributed by atoms with Crippen molar-refractivity contribution < 1.29 is 19.0 Å². The van der Waals surface area contributed by atoms with Crippen LogP contribution in [0.3, 0.4) is 0 Å². The van der Waals surface area contributed by atoms with E-state index in [0.717, 1.165) is 25.8 Å². The molecule has 0 unspecified atom stereocenters. The zero-order valence-electron chi connectivity index (χ0n) is 10.6. The van der Waals surface area contributed by atoms with Gasteiger partial charge in [0, 0.05) is 13.7 Å². The summed E-state index contributed by atoms with van der Waals surface area (Å²) in [5, 5.41) is 0. The molecule has 0 aromatic heterocycles. The zero-order chi connectivity index (χ0) is 12.3. The van der Waals surface area contributed by atoms with Gasteiger partial charge in [-0.3, -0.25) is 9.69 Å². The first kappa shape index (κ1) is 12.8. The highest BCUT2D eigenvalue weighted by Crippen LogP contribution is 2.25. The smallest absolute Gasteiger partial charge is 0.326 e. The predicted octanol–water partition coefficient (Wildman–Crippen LogP) is 0.428. The lowest BCUT2D eigenvalue weighted by atomic mass is 10.2. The Bertz CT molecular complexity index is 271. The molecule has 1 heterocycles. The third-order valence-electron chi connectivity index (χ3n) is 3.63. The third-order valence-corrected chi connectivity index (χ3v) is 3.63. The van der Waals surface area contributed by atoms with Gasteiger partial charge in [0.15, 0.2) is 0 Å². The molecule has 1 saturated heterocycles. The molecule has 0 spiro atoms. The van der Waals surface area contributed by atoms with Crippen molar-refractivity contribution in [2.45, 2.75) is 37.5 Å². The highest BCUT2D eigenvalue weighted by atomic mass is 16.6. The Hall–Kier alpha value is -0.650. The van der Waals surface area contributed by atoms with E-state index in [2.05, 4.69) is 0 Å². The first-order chi connectivity index (χ1) is 8.22. The van der Waals surface area contributed by atoms with Gasteiger partial charge >= 0.3 is 5.97 Å². The second kappa shape index (κ2) is 5.80. The maximum Gasteiger partial charge on any atom is 0.326 e. The van der Waals surface area contributed by atoms with E-state index in [1.54, 1.807) is 7.11 Å². The van der Waals surface area contributed by atoms with E-state index < -0.39 is 0 Å². The van der Waals surface area contributed by atoms with Gasteiger partial charge < -0.3 is 14.2 Å². The van der Waals surface area contributed by atoms with Crippen LogP contribution in [0.5, 0.6) is 0 Å². The highest BCUT2D eigenvalue weighted by Gasteiger charge is 2.34. The fraction of sp³-hybridized carbons (Fsp3) is 0.917. The summed E-state index contributed by atoms with van der Waals surface area (Å²) < 4.78 is 16.2. The number of carbonyl (C=O) groups is 1. The average molecular weight is 243 g/mol. The summed E-state index contributed by atoms with van der Waals surface area (Å²) in [6.07, 6.45) is 2.93. The van der Waals surface area contributed by atoms with E-state index in [1.165, 1.54) is 0 Å². The lowest BCUT2D eigenvalue weighted by molar-refractivity contribution is -0.165. The van der Waals surface area contributed by atoms with Crippen molar-refractivity contribution in [2.75, 3.05) is 33.9 Å². The lowest BCUT2D eigenvalue weighted by Gasteiger charge is -2.31. The number of ether oxygens (including phenoxy) is 3. The Morgan fingerprint density at radius 3 is 2.82 bits per heavy atom. The normalized spacial score (nSPS) is 34.8. The second-order valence-electron chi connectivity index (χ2n) is 4.75. The molecule has 0 amide bonds. The van der Waals surface area contributed by atoms with E-state index in [4.69, 9.17) is 14.2 Å². The largest absolute Gasteiger partial charge is 0.458 e. The second-order valence-corrected chi connectivity index (χ2v) is 4.75. The van der Waals surface area contributed by atoms with Crippen LogP contribution in [0, 0.1) is 0 Å². The minimum Gasteiger partial charge on any atom is -0.458 e.